The lowest BCUT2D eigenvalue weighted by Gasteiger charge is -2.13. The topological polar surface area (TPSA) is 85.1 Å². The van der Waals surface area contributed by atoms with Gasteiger partial charge in [-0.3, -0.25) is 15.0 Å². The number of anilines is 2. The molecule has 31 heavy (non-hydrogen) atoms. The quantitative estimate of drug-likeness (QED) is 0.284. The van der Waals surface area contributed by atoms with E-state index in [9.17, 15) is 9.59 Å². The van der Waals surface area contributed by atoms with Crippen molar-refractivity contribution in [3.63, 3.8) is 0 Å². The summed E-state index contributed by atoms with van der Waals surface area (Å²) in [6.07, 6.45) is 0. The summed E-state index contributed by atoms with van der Waals surface area (Å²) < 4.78 is 0. The van der Waals surface area contributed by atoms with Gasteiger partial charge in [0.25, 0.3) is 11.8 Å². The van der Waals surface area contributed by atoms with Gasteiger partial charge < -0.3 is 15.5 Å². The van der Waals surface area contributed by atoms with Crippen LogP contribution in [0.2, 0.25) is 10.0 Å². The first kappa shape index (κ1) is 20.9. The van der Waals surface area contributed by atoms with Gasteiger partial charge in [0.05, 0.1) is 11.3 Å². The SMILES string of the molecule is N=C(c1ccc(C(=O)Nc2ccc(Cl)cc2C(=O)Nc2ccc(Cl)cc2)cc1)N1CC1. The molecule has 4 rings (SSSR count). The minimum Gasteiger partial charge on any atom is -0.353 e. The highest BCUT2D eigenvalue weighted by Crippen LogP contribution is 2.24. The molecule has 156 valence electrons. The first-order valence-electron chi connectivity index (χ1n) is 9.52. The Kier molecular flexibility index (Phi) is 5.93. The third kappa shape index (κ3) is 5.05. The van der Waals surface area contributed by atoms with E-state index in [2.05, 4.69) is 10.6 Å². The fourth-order valence-corrected chi connectivity index (χ4v) is 3.27. The number of rotatable bonds is 5. The van der Waals surface area contributed by atoms with Gasteiger partial charge in [0.15, 0.2) is 0 Å². The summed E-state index contributed by atoms with van der Waals surface area (Å²) in [6.45, 7) is 1.77. The average Bonchev–Trinajstić information content (AvgIpc) is 3.61. The lowest BCUT2D eigenvalue weighted by atomic mass is 10.1. The van der Waals surface area contributed by atoms with Gasteiger partial charge in [0.1, 0.15) is 5.84 Å². The van der Waals surface area contributed by atoms with Gasteiger partial charge in [0, 0.05) is 39.9 Å². The van der Waals surface area contributed by atoms with Crippen LogP contribution >= 0.6 is 23.2 Å². The van der Waals surface area contributed by atoms with Crippen molar-refractivity contribution in [2.75, 3.05) is 23.7 Å². The van der Waals surface area contributed by atoms with Crippen LogP contribution in [0.1, 0.15) is 26.3 Å². The number of hydrogen-bond donors (Lipinski definition) is 3. The zero-order chi connectivity index (χ0) is 22.0. The number of nitrogens with zero attached hydrogens (tertiary/aromatic N) is 1. The van der Waals surface area contributed by atoms with Crippen LogP contribution < -0.4 is 10.6 Å². The molecule has 0 bridgehead atoms. The Labute approximate surface area is 189 Å². The molecular weight excluding hydrogens is 435 g/mol. The van der Waals surface area contributed by atoms with E-state index in [0.29, 0.717) is 32.8 Å². The normalized spacial score (nSPS) is 12.3. The molecule has 8 heteroatoms. The van der Waals surface area contributed by atoms with E-state index in [0.717, 1.165) is 18.7 Å². The van der Waals surface area contributed by atoms with Gasteiger partial charge >= 0.3 is 0 Å². The number of halogens is 2. The maximum absolute atomic E-state index is 12.8. The van der Waals surface area contributed by atoms with E-state index in [1.54, 1.807) is 60.7 Å². The van der Waals surface area contributed by atoms with Gasteiger partial charge in [-0.1, -0.05) is 35.3 Å². The molecule has 1 aliphatic rings. The number of amides is 2. The second-order valence-electron chi connectivity index (χ2n) is 7.02. The number of hydrogen-bond acceptors (Lipinski definition) is 3. The first-order valence-corrected chi connectivity index (χ1v) is 10.3. The number of carbonyl (C=O) groups excluding carboxylic acids is 2. The van der Waals surface area contributed by atoms with Crippen LogP contribution in [0.5, 0.6) is 0 Å². The highest BCUT2D eigenvalue weighted by Gasteiger charge is 2.22. The Morgan fingerprint density at radius 2 is 1.39 bits per heavy atom. The summed E-state index contributed by atoms with van der Waals surface area (Å²) in [5, 5.41) is 14.5. The van der Waals surface area contributed by atoms with Crippen molar-refractivity contribution in [2.24, 2.45) is 0 Å². The molecule has 1 saturated heterocycles. The zero-order valence-corrected chi connectivity index (χ0v) is 17.8. The number of nitrogens with one attached hydrogen (secondary N) is 3. The standard InChI is InChI=1S/C23H18Cl2N4O2/c24-16-5-8-18(9-6-16)27-23(31)19-13-17(25)7-10-20(19)28-22(30)15-3-1-14(2-4-15)21(26)29-11-12-29/h1-10,13,26H,11-12H2,(H,27,31)(H,28,30). The zero-order valence-electron chi connectivity index (χ0n) is 16.3. The lowest BCUT2D eigenvalue weighted by molar-refractivity contribution is 0.102. The molecule has 3 aromatic carbocycles. The van der Waals surface area contributed by atoms with Crippen LogP contribution in [0, 0.1) is 5.41 Å². The van der Waals surface area contributed by atoms with Gasteiger partial charge in [-0.15, -0.1) is 0 Å². The second-order valence-corrected chi connectivity index (χ2v) is 7.89. The van der Waals surface area contributed by atoms with Gasteiger partial charge in [-0.2, -0.15) is 0 Å². The molecule has 0 atom stereocenters. The van der Waals surface area contributed by atoms with Crippen LogP contribution in [-0.2, 0) is 0 Å². The minimum atomic E-state index is -0.414. The summed E-state index contributed by atoms with van der Waals surface area (Å²) in [5.74, 6) is -0.333. The number of amidine groups is 1. The monoisotopic (exact) mass is 452 g/mol. The van der Waals surface area contributed by atoms with Crippen LogP contribution in [0.3, 0.4) is 0 Å². The van der Waals surface area contributed by atoms with Crippen molar-refractivity contribution in [1.82, 2.24) is 4.90 Å². The predicted octanol–water partition coefficient (Wildman–Crippen LogP) is 5.14. The Balaban J connectivity index is 1.51. The number of carbonyl (C=O) groups is 2. The van der Waals surface area contributed by atoms with Crippen molar-refractivity contribution >= 4 is 52.2 Å². The maximum atomic E-state index is 12.8. The van der Waals surface area contributed by atoms with E-state index in [4.69, 9.17) is 28.6 Å². The largest absolute Gasteiger partial charge is 0.353 e. The Hall–Kier alpha value is -3.35. The summed E-state index contributed by atoms with van der Waals surface area (Å²) >= 11 is 12.0. The predicted molar refractivity (Wildman–Crippen MR) is 124 cm³/mol. The molecule has 6 nitrogen and oxygen atoms in total. The third-order valence-corrected chi connectivity index (χ3v) is 5.25. The number of benzene rings is 3. The van der Waals surface area contributed by atoms with Crippen molar-refractivity contribution in [2.45, 2.75) is 0 Å². The van der Waals surface area contributed by atoms with Crippen molar-refractivity contribution in [3.05, 3.63) is 93.5 Å². The second kappa shape index (κ2) is 8.79. The van der Waals surface area contributed by atoms with E-state index >= 15 is 0 Å². The fraction of sp³-hybridized carbons (Fsp3) is 0.0870. The highest BCUT2D eigenvalue weighted by atomic mass is 35.5. The minimum absolute atomic E-state index is 0.232. The van der Waals surface area contributed by atoms with E-state index in [1.165, 1.54) is 6.07 Å². The van der Waals surface area contributed by atoms with Crippen molar-refractivity contribution < 1.29 is 9.59 Å². The molecule has 3 aromatic rings. The molecule has 0 unspecified atom stereocenters. The highest BCUT2D eigenvalue weighted by molar-refractivity contribution is 6.31. The fourth-order valence-electron chi connectivity index (χ4n) is 2.98. The molecule has 1 fully saturated rings. The van der Waals surface area contributed by atoms with E-state index < -0.39 is 5.91 Å². The third-order valence-electron chi connectivity index (χ3n) is 4.76. The molecule has 3 N–H and O–H groups in total. The maximum Gasteiger partial charge on any atom is 0.257 e. The summed E-state index contributed by atoms with van der Waals surface area (Å²) in [7, 11) is 0. The van der Waals surface area contributed by atoms with E-state index in [-0.39, 0.29) is 11.5 Å². The van der Waals surface area contributed by atoms with Gasteiger partial charge in [-0.05, 0) is 54.6 Å². The van der Waals surface area contributed by atoms with Crippen LogP contribution in [0.4, 0.5) is 11.4 Å². The summed E-state index contributed by atoms with van der Waals surface area (Å²) in [4.78, 5) is 27.5. The van der Waals surface area contributed by atoms with Crippen LogP contribution in [0.25, 0.3) is 0 Å². The Morgan fingerprint density at radius 1 is 0.774 bits per heavy atom. The van der Waals surface area contributed by atoms with Gasteiger partial charge in [-0.25, -0.2) is 0 Å². The van der Waals surface area contributed by atoms with Gasteiger partial charge in [0.2, 0.25) is 0 Å². The molecule has 0 radical (unpaired) electrons. The summed E-state index contributed by atoms with van der Waals surface area (Å²) in [6, 6.07) is 18.2. The molecule has 1 heterocycles. The average molecular weight is 453 g/mol. The lowest BCUT2D eigenvalue weighted by Crippen LogP contribution is -2.18. The Bertz CT molecular complexity index is 1160. The summed E-state index contributed by atoms with van der Waals surface area (Å²) in [5.41, 5.74) is 2.30. The molecule has 0 saturated carbocycles. The smallest absolute Gasteiger partial charge is 0.257 e. The van der Waals surface area contributed by atoms with Crippen molar-refractivity contribution in [1.29, 1.82) is 5.41 Å². The van der Waals surface area contributed by atoms with Crippen LogP contribution in [0.15, 0.2) is 66.7 Å². The molecular formula is C23H18Cl2N4O2. The molecule has 2 amide bonds. The van der Waals surface area contributed by atoms with Crippen molar-refractivity contribution in [3.8, 4) is 0 Å². The first-order chi connectivity index (χ1) is 14.9. The molecule has 1 aliphatic heterocycles. The molecule has 0 aliphatic carbocycles. The molecule has 0 spiro atoms. The Morgan fingerprint density at radius 3 is 2.03 bits per heavy atom. The van der Waals surface area contributed by atoms with Crippen LogP contribution in [-0.4, -0.2) is 35.6 Å². The molecule has 0 aromatic heterocycles. The van der Waals surface area contributed by atoms with E-state index in [1.807, 2.05) is 4.90 Å².